The minimum absolute atomic E-state index is 0.0611. The number of non-ortho nitro benzene ring substituents is 1. The first-order valence-corrected chi connectivity index (χ1v) is 7.50. The molecule has 0 saturated carbocycles. The van der Waals surface area contributed by atoms with E-state index in [1.165, 1.54) is 19.2 Å². The van der Waals surface area contributed by atoms with E-state index in [-0.39, 0.29) is 11.7 Å². The van der Waals surface area contributed by atoms with Crippen LogP contribution in [-0.2, 0) is 9.53 Å². The van der Waals surface area contributed by atoms with Gasteiger partial charge in [0.15, 0.2) is 5.11 Å². The van der Waals surface area contributed by atoms with Crippen LogP contribution in [0.4, 0.5) is 11.4 Å². The summed E-state index contributed by atoms with van der Waals surface area (Å²) in [5.41, 5.74) is 0.861. The molecule has 8 nitrogen and oxygen atoms in total. The highest BCUT2D eigenvalue weighted by atomic mass is 32.1. The predicted octanol–water partition coefficient (Wildman–Crippen LogP) is 1.42. The highest BCUT2D eigenvalue weighted by molar-refractivity contribution is 7.80. The number of methoxy groups -OCH3 is 1. The number of hydrogen-bond donors (Lipinski definition) is 3. The van der Waals surface area contributed by atoms with E-state index in [1.54, 1.807) is 12.1 Å². The second-order valence-corrected chi connectivity index (χ2v) is 5.00. The van der Waals surface area contributed by atoms with Gasteiger partial charge < -0.3 is 20.7 Å². The molecule has 9 heteroatoms. The fourth-order valence-corrected chi connectivity index (χ4v) is 1.89. The van der Waals surface area contributed by atoms with Crippen LogP contribution in [0.3, 0.4) is 0 Å². The van der Waals surface area contributed by atoms with Crippen molar-refractivity contribution >= 4 is 34.7 Å². The summed E-state index contributed by atoms with van der Waals surface area (Å²) in [6.45, 7) is 1.80. The van der Waals surface area contributed by atoms with Crippen LogP contribution in [0, 0.1) is 10.1 Å². The van der Waals surface area contributed by atoms with Gasteiger partial charge in [-0.25, -0.2) is 0 Å². The van der Waals surface area contributed by atoms with Gasteiger partial charge >= 0.3 is 5.97 Å². The molecule has 0 fully saturated rings. The van der Waals surface area contributed by atoms with Crippen LogP contribution in [0.15, 0.2) is 24.3 Å². The minimum Gasteiger partial charge on any atom is -0.469 e. The van der Waals surface area contributed by atoms with Crippen molar-refractivity contribution in [2.24, 2.45) is 0 Å². The molecule has 0 unspecified atom stereocenters. The third kappa shape index (κ3) is 7.96. The van der Waals surface area contributed by atoms with Gasteiger partial charge in [0, 0.05) is 43.9 Å². The molecule has 0 saturated heterocycles. The number of nitrogens with one attached hydrogen (secondary N) is 3. The summed E-state index contributed by atoms with van der Waals surface area (Å²) in [4.78, 5) is 21.0. The first-order chi connectivity index (χ1) is 11.0. The molecule has 1 aromatic rings. The number of carbonyl (C=O) groups is 1. The zero-order chi connectivity index (χ0) is 17.1. The zero-order valence-corrected chi connectivity index (χ0v) is 13.6. The van der Waals surface area contributed by atoms with Crippen LogP contribution in [0.1, 0.15) is 12.8 Å². The molecule has 0 radical (unpaired) electrons. The number of hydrogen-bond acceptors (Lipinski definition) is 6. The van der Waals surface area contributed by atoms with E-state index in [1.807, 2.05) is 0 Å². The van der Waals surface area contributed by atoms with Crippen molar-refractivity contribution in [1.82, 2.24) is 10.6 Å². The molecule has 3 N–H and O–H groups in total. The molecule has 0 aliphatic rings. The van der Waals surface area contributed by atoms with Crippen molar-refractivity contribution in [1.29, 1.82) is 0 Å². The Bertz CT molecular complexity index is 536. The number of esters is 1. The van der Waals surface area contributed by atoms with Crippen molar-refractivity contribution in [2.45, 2.75) is 12.8 Å². The minimum atomic E-state index is -0.435. The molecule has 1 aromatic carbocycles. The summed E-state index contributed by atoms with van der Waals surface area (Å²) in [5.74, 6) is -0.238. The summed E-state index contributed by atoms with van der Waals surface area (Å²) in [6.07, 6.45) is 1.00. The number of benzene rings is 1. The van der Waals surface area contributed by atoms with E-state index in [4.69, 9.17) is 12.2 Å². The van der Waals surface area contributed by atoms with Gasteiger partial charge in [-0.15, -0.1) is 0 Å². The van der Waals surface area contributed by atoms with Crippen LogP contribution in [0.2, 0.25) is 0 Å². The van der Waals surface area contributed by atoms with Gasteiger partial charge in [0.05, 0.1) is 12.0 Å². The first-order valence-electron chi connectivity index (χ1n) is 7.09. The van der Waals surface area contributed by atoms with Gasteiger partial charge in [-0.3, -0.25) is 14.9 Å². The molecule has 0 aliphatic carbocycles. The van der Waals surface area contributed by atoms with E-state index < -0.39 is 4.92 Å². The fraction of sp³-hybridized carbons (Fsp3) is 0.429. The standard InChI is InChI=1S/C14H20N4O4S/c1-22-13(19)3-2-8-16-14(23)17-10-9-15-11-4-6-12(7-5-11)18(20)21/h4-7,15H,2-3,8-10H2,1H3,(H2,16,17,23). The van der Waals surface area contributed by atoms with E-state index in [0.717, 1.165) is 5.69 Å². The van der Waals surface area contributed by atoms with Crippen molar-refractivity contribution in [3.63, 3.8) is 0 Å². The highest BCUT2D eigenvalue weighted by Gasteiger charge is 2.03. The summed E-state index contributed by atoms with van der Waals surface area (Å²) in [5, 5.41) is 20.2. The molecule has 0 aromatic heterocycles. The number of ether oxygens (including phenoxy) is 1. The Balaban J connectivity index is 2.11. The first kappa shape index (κ1) is 18.6. The fourth-order valence-electron chi connectivity index (χ4n) is 1.68. The largest absolute Gasteiger partial charge is 0.469 e. The van der Waals surface area contributed by atoms with Gasteiger partial charge in [-0.05, 0) is 30.8 Å². The van der Waals surface area contributed by atoms with Gasteiger partial charge in [-0.2, -0.15) is 0 Å². The normalized spacial score (nSPS) is 9.78. The average Bonchev–Trinajstić information content (AvgIpc) is 2.55. The number of nitro benzene ring substituents is 1. The lowest BCUT2D eigenvalue weighted by Crippen LogP contribution is -2.38. The molecule has 0 aliphatic heterocycles. The molecule has 0 bridgehead atoms. The lowest BCUT2D eigenvalue weighted by molar-refractivity contribution is -0.384. The average molecular weight is 340 g/mol. The molecule has 0 atom stereocenters. The Morgan fingerprint density at radius 1 is 1.22 bits per heavy atom. The van der Waals surface area contributed by atoms with Crippen molar-refractivity contribution in [3.8, 4) is 0 Å². The number of anilines is 1. The topological polar surface area (TPSA) is 106 Å². The van der Waals surface area contributed by atoms with Crippen molar-refractivity contribution in [2.75, 3.05) is 32.1 Å². The van der Waals surface area contributed by atoms with Gasteiger partial charge in [0.1, 0.15) is 0 Å². The smallest absolute Gasteiger partial charge is 0.305 e. The Morgan fingerprint density at radius 3 is 2.48 bits per heavy atom. The number of carbonyl (C=O) groups excluding carboxylic acids is 1. The lowest BCUT2D eigenvalue weighted by atomic mass is 10.3. The maximum Gasteiger partial charge on any atom is 0.305 e. The van der Waals surface area contributed by atoms with Crippen LogP contribution < -0.4 is 16.0 Å². The van der Waals surface area contributed by atoms with Crippen LogP contribution >= 0.6 is 12.2 Å². The molecule has 23 heavy (non-hydrogen) atoms. The number of nitrogens with zero attached hydrogens (tertiary/aromatic N) is 1. The second-order valence-electron chi connectivity index (χ2n) is 4.59. The van der Waals surface area contributed by atoms with Crippen molar-refractivity contribution in [3.05, 3.63) is 34.4 Å². The summed E-state index contributed by atoms with van der Waals surface area (Å²) in [6, 6.07) is 6.20. The number of thiocarbonyl (C=S) groups is 1. The number of nitro groups is 1. The van der Waals surface area contributed by atoms with Crippen LogP contribution in [-0.4, -0.2) is 42.7 Å². The zero-order valence-electron chi connectivity index (χ0n) is 12.8. The van der Waals surface area contributed by atoms with Gasteiger partial charge in [0.2, 0.25) is 0 Å². The maximum absolute atomic E-state index is 10.9. The Hall–Kier alpha value is -2.42. The van der Waals surface area contributed by atoms with Gasteiger partial charge in [-0.1, -0.05) is 0 Å². The molecular weight excluding hydrogens is 320 g/mol. The summed E-state index contributed by atoms with van der Waals surface area (Å²) < 4.78 is 4.54. The lowest BCUT2D eigenvalue weighted by Gasteiger charge is -2.11. The molecule has 1 rings (SSSR count). The molecule has 0 amide bonds. The van der Waals surface area contributed by atoms with E-state index >= 15 is 0 Å². The summed E-state index contributed by atoms with van der Waals surface area (Å²) in [7, 11) is 1.36. The highest BCUT2D eigenvalue weighted by Crippen LogP contribution is 2.14. The SMILES string of the molecule is COC(=O)CCCNC(=S)NCCNc1ccc([N+](=O)[O-])cc1. The van der Waals surface area contributed by atoms with Crippen LogP contribution in [0.5, 0.6) is 0 Å². The Kier molecular flexibility index (Phi) is 8.37. The molecular formula is C14H20N4O4S. The quantitative estimate of drug-likeness (QED) is 0.204. The maximum atomic E-state index is 10.9. The summed E-state index contributed by atoms with van der Waals surface area (Å²) >= 11 is 5.10. The van der Waals surface area contributed by atoms with E-state index in [2.05, 4.69) is 20.7 Å². The molecule has 0 heterocycles. The van der Waals surface area contributed by atoms with Gasteiger partial charge in [0.25, 0.3) is 5.69 Å². The van der Waals surface area contributed by atoms with Crippen molar-refractivity contribution < 1.29 is 14.5 Å². The van der Waals surface area contributed by atoms with E-state index in [0.29, 0.717) is 37.6 Å². The Labute approximate surface area is 139 Å². The molecule has 0 spiro atoms. The number of rotatable bonds is 9. The van der Waals surface area contributed by atoms with Crippen LogP contribution in [0.25, 0.3) is 0 Å². The second kappa shape index (κ2) is 10.3. The third-order valence-electron chi connectivity index (χ3n) is 2.89. The van der Waals surface area contributed by atoms with E-state index in [9.17, 15) is 14.9 Å². The Morgan fingerprint density at radius 2 is 1.87 bits per heavy atom. The predicted molar refractivity (Wildman–Crippen MR) is 91.4 cm³/mol. The third-order valence-corrected chi connectivity index (χ3v) is 3.18. The monoisotopic (exact) mass is 340 g/mol. The molecule has 126 valence electrons.